The molecule has 4 heterocycles. The van der Waals surface area contributed by atoms with Crippen molar-refractivity contribution in [2.75, 3.05) is 32.0 Å². The van der Waals surface area contributed by atoms with Gasteiger partial charge in [0.2, 0.25) is 5.91 Å². The number of amides is 1. The lowest BCUT2D eigenvalue weighted by atomic mass is 9.75. The van der Waals surface area contributed by atoms with Gasteiger partial charge in [-0.25, -0.2) is 0 Å². The molecule has 2 aromatic heterocycles. The maximum absolute atomic E-state index is 13.3. The maximum Gasteiger partial charge on any atom is 0.232 e. The fraction of sp³-hybridized carbons (Fsp3) is 0.526. The topological polar surface area (TPSA) is 77.2 Å². The third-order valence-corrected chi connectivity index (χ3v) is 6.01. The van der Waals surface area contributed by atoms with Crippen molar-refractivity contribution >= 4 is 11.6 Å². The molecule has 0 spiro atoms. The van der Waals surface area contributed by atoms with E-state index in [4.69, 9.17) is 0 Å². The number of carbonyl (C=O) groups excluding carboxylic acids is 1. The van der Waals surface area contributed by atoms with Gasteiger partial charge in [0.1, 0.15) is 0 Å². The molecule has 2 fully saturated rings. The van der Waals surface area contributed by atoms with Crippen molar-refractivity contribution < 1.29 is 4.79 Å². The van der Waals surface area contributed by atoms with Crippen LogP contribution in [-0.4, -0.2) is 63.6 Å². The van der Waals surface area contributed by atoms with E-state index in [2.05, 4.69) is 37.3 Å². The van der Waals surface area contributed by atoms with Crippen LogP contribution < -0.4 is 5.32 Å². The van der Waals surface area contributed by atoms with Crippen LogP contribution in [0, 0.1) is 5.41 Å². The van der Waals surface area contributed by atoms with E-state index >= 15 is 0 Å². The molecule has 1 amide bonds. The number of carbonyl (C=O) groups is 1. The summed E-state index contributed by atoms with van der Waals surface area (Å²) in [5, 5.41) is 10.0. The first-order valence-corrected chi connectivity index (χ1v) is 9.29. The number of aromatic nitrogens is 3. The number of hydrogen-bond acceptors (Lipinski definition) is 5. The molecule has 26 heavy (non-hydrogen) atoms. The largest absolute Gasteiger partial charge is 0.324 e. The molecular weight excluding hydrogens is 328 g/mol. The normalized spacial score (nSPS) is 27.0. The van der Waals surface area contributed by atoms with E-state index in [9.17, 15) is 4.79 Å². The Kier molecular flexibility index (Phi) is 4.74. The molecule has 2 saturated heterocycles. The Bertz CT molecular complexity index is 734. The summed E-state index contributed by atoms with van der Waals surface area (Å²) in [4.78, 5) is 22.2. The highest BCUT2D eigenvalue weighted by atomic mass is 16.2. The maximum atomic E-state index is 13.3. The van der Waals surface area contributed by atoms with Gasteiger partial charge in [-0.05, 0) is 51.5 Å². The summed E-state index contributed by atoms with van der Waals surface area (Å²) in [5.74, 6) is 0.144. The summed E-state index contributed by atoms with van der Waals surface area (Å²) in [5.41, 5.74) is 1.65. The van der Waals surface area contributed by atoms with Crippen LogP contribution >= 0.6 is 0 Å². The molecule has 138 valence electrons. The fourth-order valence-corrected chi connectivity index (χ4v) is 4.53. The number of rotatable bonds is 4. The third-order valence-electron chi connectivity index (χ3n) is 6.01. The van der Waals surface area contributed by atoms with E-state index in [1.54, 1.807) is 12.4 Å². The van der Waals surface area contributed by atoms with Gasteiger partial charge in [0.25, 0.3) is 0 Å². The minimum absolute atomic E-state index is 0.144. The van der Waals surface area contributed by atoms with Gasteiger partial charge in [-0.15, -0.1) is 0 Å². The Labute approximate surface area is 153 Å². The average Bonchev–Trinajstić information content (AvgIpc) is 3.22. The Balaban J connectivity index is 1.51. The lowest BCUT2D eigenvalue weighted by molar-refractivity contribution is -0.127. The Hall–Kier alpha value is -2.25. The van der Waals surface area contributed by atoms with Gasteiger partial charge in [-0.2, -0.15) is 5.10 Å². The zero-order chi connectivity index (χ0) is 18.0. The molecule has 2 aromatic rings. The highest BCUT2D eigenvalue weighted by Crippen LogP contribution is 2.44. The van der Waals surface area contributed by atoms with Crippen molar-refractivity contribution in [3.63, 3.8) is 0 Å². The summed E-state index contributed by atoms with van der Waals surface area (Å²) in [6.45, 7) is 3.79. The number of anilines is 1. The first-order chi connectivity index (χ1) is 12.7. The van der Waals surface area contributed by atoms with Gasteiger partial charge in [-0.3, -0.25) is 19.8 Å². The molecular formula is C19H26N6O. The van der Waals surface area contributed by atoms with E-state index in [0.717, 1.165) is 51.1 Å². The summed E-state index contributed by atoms with van der Waals surface area (Å²) in [6, 6.07) is 4.04. The van der Waals surface area contributed by atoms with Crippen LogP contribution in [0.5, 0.6) is 0 Å². The highest BCUT2D eigenvalue weighted by Gasteiger charge is 2.52. The Morgan fingerprint density at radius 3 is 3.00 bits per heavy atom. The van der Waals surface area contributed by atoms with E-state index in [-0.39, 0.29) is 17.4 Å². The van der Waals surface area contributed by atoms with Crippen LogP contribution in [0.15, 0.2) is 36.9 Å². The first-order valence-electron chi connectivity index (χ1n) is 9.29. The van der Waals surface area contributed by atoms with Gasteiger partial charge in [0.15, 0.2) is 0 Å². The quantitative estimate of drug-likeness (QED) is 0.874. The predicted molar refractivity (Wildman–Crippen MR) is 99.4 cm³/mol. The SMILES string of the molecule is CN1CC[C@@]2(C(=O)Nc3cccnc3)CCN(Cc3cn[nH]c3)CC[C@@H]12. The molecule has 4 rings (SSSR count). The van der Waals surface area contributed by atoms with Crippen molar-refractivity contribution in [1.82, 2.24) is 25.0 Å². The average molecular weight is 354 g/mol. The van der Waals surface area contributed by atoms with Gasteiger partial charge in [-0.1, -0.05) is 0 Å². The van der Waals surface area contributed by atoms with E-state index < -0.39 is 0 Å². The molecule has 0 saturated carbocycles. The molecule has 0 aromatic carbocycles. The summed E-state index contributed by atoms with van der Waals surface area (Å²) in [6.07, 6.45) is 10.1. The smallest absolute Gasteiger partial charge is 0.232 e. The van der Waals surface area contributed by atoms with Crippen molar-refractivity contribution in [2.45, 2.75) is 31.8 Å². The minimum Gasteiger partial charge on any atom is -0.324 e. The molecule has 0 aliphatic carbocycles. The monoisotopic (exact) mass is 354 g/mol. The van der Waals surface area contributed by atoms with Gasteiger partial charge in [0, 0.05) is 37.1 Å². The standard InChI is InChI=1S/C19H26N6O/c1-24-9-5-19(18(26)23-16-3-2-7-20-13-16)6-10-25(8-4-17(19)24)14-15-11-21-22-12-15/h2-3,7,11-13,17H,4-6,8-10,14H2,1H3,(H,21,22)(H,23,26)/t17-,19-/m1/s1. The number of pyridine rings is 1. The molecule has 2 aliphatic heterocycles. The summed E-state index contributed by atoms with van der Waals surface area (Å²) in [7, 11) is 2.15. The fourth-order valence-electron chi connectivity index (χ4n) is 4.53. The second kappa shape index (κ2) is 7.17. The Morgan fingerprint density at radius 1 is 1.35 bits per heavy atom. The van der Waals surface area contributed by atoms with E-state index in [0.29, 0.717) is 0 Å². The second-order valence-corrected chi connectivity index (χ2v) is 7.52. The molecule has 0 bridgehead atoms. The van der Waals surface area contributed by atoms with Gasteiger partial charge in [0.05, 0.1) is 23.5 Å². The molecule has 2 N–H and O–H groups in total. The van der Waals surface area contributed by atoms with Crippen molar-refractivity contribution in [1.29, 1.82) is 0 Å². The number of aromatic amines is 1. The molecule has 0 unspecified atom stereocenters. The van der Waals surface area contributed by atoms with Crippen LogP contribution in [0.3, 0.4) is 0 Å². The van der Waals surface area contributed by atoms with Crippen LogP contribution in [0.2, 0.25) is 0 Å². The first kappa shape index (κ1) is 17.2. The molecule has 7 nitrogen and oxygen atoms in total. The van der Waals surface area contributed by atoms with Crippen molar-refractivity contribution in [3.05, 3.63) is 42.5 Å². The highest BCUT2D eigenvalue weighted by molar-refractivity contribution is 5.96. The van der Waals surface area contributed by atoms with E-state index in [1.165, 1.54) is 5.56 Å². The van der Waals surface area contributed by atoms with Crippen LogP contribution in [0.4, 0.5) is 5.69 Å². The number of likely N-dealkylation sites (tertiary alicyclic amines) is 2. The number of nitrogens with one attached hydrogen (secondary N) is 2. The predicted octanol–water partition coefficient (Wildman–Crippen LogP) is 1.73. The van der Waals surface area contributed by atoms with Crippen molar-refractivity contribution in [2.24, 2.45) is 5.41 Å². The van der Waals surface area contributed by atoms with Crippen LogP contribution in [0.25, 0.3) is 0 Å². The molecule has 0 radical (unpaired) electrons. The number of hydrogen-bond donors (Lipinski definition) is 2. The van der Waals surface area contributed by atoms with E-state index in [1.807, 2.05) is 24.5 Å². The van der Waals surface area contributed by atoms with Crippen LogP contribution in [-0.2, 0) is 11.3 Å². The molecule has 7 heteroatoms. The van der Waals surface area contributed by atoms with Gasteiger partial charge < -0.3 is 10.2 Å². The summed E-state index contributed by atoms with van der Waals surface area (Å²) >= 11 is 0. The number of fused-ring (bicyclic) bond motifs is 1. The molecule has 2 aliphatic rings. The van der Waals surface area contributed by atoms with Crippen molar-refractivity contribution in [3.8, 4) is 0 Å². The summed E-state index contributed by atoms with van der Waals surface area (Å²) < 4.78 is 0. The third kappa shape index (κ3) is 3.24. The lowest BCUT2D eigenvalue weighted by Crippen LogP contribution is -2.46. The zero-order valence-corrected chi connectivity index (χ0v) is 15.2. The molecule has 2 atom stereocenters. The second-order valence-electron chi connectivity index (χ2n) is 7.52. The van der Waals surface area contributed by atoms with Crippen LogP contribution in [0.1, 0.15) is 24.8 Å². The number of nitrogens with zero attached hydrogens (tertiary/aromatic N) is 4. The lowest BCUT2D eigenvalue weighted by Gasteiger charge is -2.34. The van der Waals surface area contributed by atoms with Gasteiger partial charge >= 0.3 is 0 Å². The minimum atomic E-state index is -0.324. The number of H-pyrrole nitrogens is 1. The zero-order valence-electron chi connectivity index (χ0n) is 15.2. The Morgan fingerprint density at radius 2 is 2.23 bits per heavy atom.